The number of likely N-dealkylation sites (tertiary alicyclic amines) is 1. The van der Waals surface area contributed by atoms with Gasteiger partial charge in [0.15, 0.2) is 5.76 Å². The number of aromatic nitrogens is 1. The van der Waals surface area contributed by atoms with E-state index in [2.05, 4.69) is 17.1 Å². The monoisotopic (exact) mass is 334 g/mol. The SMILES string of the molecule is CN1CCC(Oc2ccc(-c3cc(-c4ccccc4)on3)cc2)CC1. The molecule has 1 aromatic heterocycles. The zero-order valence-electron chi connectivity index (χ0n) is 14.4. The molecule has 0 amide bonds. The molecule has 0 unspecified atom stereocenters. The summed E-state index contributed by atoms with van der Waals surface area (Å²) in [6.07, 6.45) is 2.49. The molecule has 2 aromatic carbocycles. The molecule has 0 bridgehead atoms. The number of benzene rings is 2. The minimum Gasteiger partial charge on any atom is -0.490 e. The average Bonchev–Trinajstić information content (AvgIpc) is 3.15. The molecule has 1 fully saturated rings. The van der Waals surface area contributed by atoms with Crippen molar-refractivity contribution < 1.29 is 9.26 Å². The fraction of sp³-hybridized carbons (Fsp3) is 0.286. The van der Waals surface area contributed by atoms with Crippen LogP contribution in [0.2, 0.25) is 0 Å². The molecule has 0 radical (unpaired) electrons. The maximum absolute atomic E-state index is 6.10. The van der Waals surface area contributed by atoms with Crippen LogP contribution in [0.3, 0.4) is 0 Å². The van der Waals surface area contributed by atoms with Gasteiger partial charge in [-0.2, -0.15) is 0 Å². The first kappa shape index (κ1) is 15.9. The second-order valence-electron chi connectivity index (χ2n) is 6.59. The van der Waals surface area contributed by atoms with Crippen LogP contribution in [0.4, 0.5) is 0 Å². The quantitative estimate of drug-likeness (QED) is 0.705. The summed E-state index contributed by atoms with van der Waals surface area (Å²) in [7, 11) is 2.16. The van der Waals surface area contributed by atoms with E-state index in [0.717, 1.165) is 54.3 Å². The summed E-state index contributed by atoms with van der Waals surface area (Å²) < 4.78 is 11.6. The molecular weight excluding hydrogens is 312 g/mol. The highest BCUT2D eigenvalue weighted by atomic mass is 16.5. The Balaban J connectivity index is 1.44. The summed E-state index contributed by atoms with van der Waals surface area (Å²) in [4.78, 5) is 2.35. The number of nitrogens with zero attached hydrogens (tertiary/aromatic N) is 2. The lowest BCUT2D eigenvalue weighted by Crippen LogP contribution is -2.35. The van der Waals surface area contributed by atoms with Gasteiger partial charge in [0.05, 0.1) is 0 Å². The van der Waals surface area contributed by atoms with Crippen LogP contribution in [0.5, 0.6) is 5.75 Å². The first-order valence-corrected chi connectivity index (χ1v) is 8.76. The molecule has 25 heavy (non-hydrogen) atoms. The molecule has 0 N–H and O–H groups in total. The Kier molecular flexibility index (Phi) is 4.53. The summed E-state index contributed by atoms with van der Waals surface area (Å²) in [6, 6.07) is 20.1. The standard InChI is InChI=1S/C21H22N2O2/c1-23-13-11-19(12-14-23)24-18-9-7-16(8-10-18)20-15-21(25-22-20)17-5-3-2-4-6-17/h2-10,15,19H,11-14H2,1H3. The number of hydrogen-bond donors (Lipinski definition) is 0. The third-order valence-electron chi connectivity index (χ3n) is 4.69. The lowest BCUT2D eigenvalue weighted by atomic mass is 10.1. The number of hydrogen-bond acceptors (Lipinski definition) is 4. The molecule has 1 aliphatic heterocycles. The third kappa shape index (κ3) is 3.74. The second-order valence-corrected chi connectivity index (χ2v) is 6.59. The van der Waals surface area contributed by atoms with E-state index in [1.54, 1.807) is 0 Å². The number of ether oxygens (including phenoxy) is 1. The van der Waals surface area contributed by atoms with Crippen molar-refractivity contribution in [2.24, 2.45) is 0 Å². The van der Waals surface area contributed by atoms with Crippen LogP contribution >= 0.6 is 0 Å². The van der Waals surface area contributed by atoms with Gasteiger partial charge in [-0.25, -0.2) is 0 Å². The van der Waals surface area contributed by atoms with Crippen LogP contribution in [0, 0.1) is 0 Å². The molecule has 1 saturated heterocycles. The highest BCUT2D eigenvalue weighted by Crippen LogP contribution is 2.27. The summed E-state index contributed by atoms with van der Waals surface area (Å²) in [5.74, 6) is 1.70. The first-order valence-electron chi connectivity index (χ1n) is 8.76. The highest BCUT2D eigenvalue weighted by molar-refractivity contribution is 5.67. The van der Waals surface area contributed by atoms with Crippen molar-refractivity contribution in [2.75, 3.05) is 20.1 Å². The zero-order chi connectivity index (χ0) is 17.1. The van der Waals surface area contributed by atoms with Crippen LogP contribution in [0.15, 0.2) is 65.2 Å². The van der Waals surface area contributed by atoms with Gasteiger partial charge in [0.25, 0.3) is 0 Å². The van der Waals surface area contributed by atoms with Crippen molar-refractivity contribution in [1.29, 1.82) is 0 Å². The third-order valence-corrected chi connectivity index (χ3v) is 4.69. The Morgan fingerprint density at radius 3 is 2.40 bits per heavy atom. The molecule has 4 rings (SSSR count). The van der Waals surface area contributed by atoms with Gasteiger partial charge in [-0.15, -0.1) is 0 Å². The summed E-state index contributed by atoms with van der Waals surface area (Å²) in [6.45, 7) is 2.20. The van der Waals surface area contributed by atoms with Gasteiger partial charge in [-0.05, 0) is 44.2 Å². The normalized spacial score (nSPS) is 16.0. The molecule has 4 nitrogen and oxygen atoms in total. The van der Waals surface area contributed by atoms with Crippen LogP contribution in [0.1, 0.15) is 12.8 Å². The molecule has 128 valence electrons. The van der Waals surface area contributed by atoms with E-state index in [4.69, 9.17) is 9.26 Å². The lowest BCUT2D eigenvalue weighted by Gasteiger charge is -2.29. The van der Waals surface area contributed by atoms with Crippen molar-refractivity contribution in [3.8, 4) is 28.3 Å². The van der Waals surface area contributed by atoms with E-state index in [1.807, 2.05) is 60.7 Å². The van der Waals surface area contributed by atoms with E-state index in [9.17, 15) is 0 Å². The molecule has 1 aliphatic rings. The summed E-state index contributed by atoms with van der Waals surface area (Å²) in [5.41, 5.74) is 2.90. The molecule has 4 heteroatoms. The van der Waals surface area contributed by atoms with E-state index >= 15 is 0 Å². The van der Waals surface area contributed by atoms with Gasteiger partial charge >= 0.3 is 0 Å². The highest BCUT2D eigenvalue weighted by Gasteiger charge is 2.18. The van der Waals surface area contributed by atoms with Crippen molar-refractivity contribution >= 4 is 0 Å². The Morgan fingerprint density at radius 2 is 1.68 bits per heavy atom. The van der Waals surface area contributed by atoms with Crippen LogP contribution in [-0.2, 0) is 0 Å². The molecular formula is C21H22N2O2. The Morgan fingerprint density at radius 1 is 0.960 bits per heavy atom. The topological polar surface area (TPSA) is 38.5 Å². The van der Waals surface area contributed by atoms with Crippen molar-refractivity contribution in [2.45, 2.75) is 18.9 Å². The summed E-state index contributed by atoms with van der Waals surface area (Å²) in [5, 5.41) is 4.20. The number of rotatable bonds is 4. The predicted octanol–water partition coefficient (Wildman–Crippen LogP) is 4.48. The maximum atomic E-state index is 6.10. The smallest absolute Gasteiger partial charge is 0.167 e. The maximum Gasteiger partial charge on any atom is 0.167 e. The Hall–Kier alpha value is -2.59. The van der Waals surface area contributed by atoms with Gasteiger partial charge in [-0.1, -0.05) is 35.5 Å². The van der Waals surface area contributed by atoms with Gasteiger partial charge < -0.3 is 14.2 Å². The zero-order valence-corrected chi connectivity index (χ0v) is 14.4. The number of piperidine rings is 1. The lowest BCUT2D eigenvalue weighted by molar-refractivity contribution is 0.114. The minimum absolute atomic E-state index is 0.318. The minimum atomic E-state index is 0.318. The molecule has 2 heterocycles. The molecule has 0 spiro atoms. The van der Waals surface area contributed by atoms with Crippen molar-refractivity contribution in [3.05, 3.63) is 60.7 Å². The Labute approximate surface area is 148 Å². The molecule has 0 aliphatic carbocycles. The van der Waals surface area contributed by atoms with E-state index in [-0.39, 0.29) is 0 Å². The van der Waals surface area contributed by atoms with Gasteiger partial charge in [-0.3, -0.25) is 0 Å². The van der Waals surface area contributed by atoms with Crippen molar-refractivity contribution in [1.82, 2.24) is 10.1 Å². The molecule has 0 atom stereocenters. The van der Waals surface area contributed by atoms with Gasteiger partial charge in [0, 0.05) is 30.3 Å². The van der Waals surface area contributed by atoms with Crippen LogP contribution < -0.4 is 4.74 Å². The molecule has 3 aromatic rings. The van der Waals surface area contributed by atoms with Crippen molar-refractivity contribution in [3.63, 3.8) is 0 Å². The fourth-order valence-corrected chi connectivity index (χ4v) is 3.15. The first-order chi connectivity index (χ1) is 12.3. The van der Waals surface area contributed by atoms with Crippen LogP contribution in [-0.4, -0.2) is 36.3 Å². The largest absolute Gasteiger partial charge is 0.490 e. The fourth-order valence-electron chi connectivity index (χ4n) is 3.15. The summed E-state index contributed by atoms with van der Waals surface area (Å²) >= 11 is 0. The van der Waals surface area contributed by atoms with E-state index in [0.29, 0.717) is 6.10 Å². The van der Waals surface area contributed by atoms with E-state index in [1.165, 1.54) is 0 Å². The van der Waals surface area contributed by atoms with Gasteiger partial charge in [0.1, 0.15) is 17.5 Å². The van der Waals surface area contributed by atoms with Gasteiger partial charge in [0.2, 0.25) is 0 Å². The van der Waals surface area contributed by atoms with E-state index < -0.39 is 0 Å². The Bertz CT molecular complexity index is 803. The molecule has 0 saturated carbocycles. The second kappa shape index (κ2) is 7.11. The predicted molar refractivity (Wildman–Crippen MR) is 98.5 cm³/mol. The van der Waals surface area contributed by atoms with Crippen LogP contribution in [0.25, 0.3) is 22.6 Å². The average molecular weight is 334 g/mol.